The molecule has 11 heteroatoms. The average molecular weight is 589 g/mol. The number of allylic oxidation sites excluding steroid dienone is 4. The number of rotatable bonds is 6. The fourth-order valence-electron chi connectivity index (χ4n) is 4.31. The van der Waals surface area contributed by atoms with E-state index < -0.39 is 36.1 Å². The number of ketones is 2. The number of nitrogens with zero attached hydrogens (tertiary/aromatic N) is 1. The summed E-state index contributed by atoms with van der Waals surface area (Å²) in [6.07, 6.45) is 6.64. The van der Waals surface area contributed by atoms with E-state index >= 15 is 0 Å². The van der Waals surface area contributed by atoms with Crippen LogP contribution in [0.5, 0.6) is 0 Å². The maximum Gasteiger partial charge on any atom is 0.405 e. The Hall–Kier alpha value is -3.54. The third kappa shape index (κ3) is 11.8. The fraction of sp³-hybridized carbons (Fsp3) is 0.548. The number of hydrogen-bond acceptors (Lipinski definition) is 9. The van der Waals surface area contributed by atoms with E-state index in [-0.39, 0.29) is 22.8 Å². The quantitative estimate of drug-likeness (QED) is 0.270. The summed E-state index contributed by atoms with van der Waals surface area (Å²) in [5, 5.41) is 16.2. The standard InChI is InChI=1S/C29H42N4O7.C2H6/c1-18-13-14-20(34)10-6-7-11-21-25(31-15-16-33(3)4)23(35)17-22(26(21)36)32-28(37)19(2)9-8-12-24(39-5)27(18)40-29(30)38;1-2/h8-9,12-13,17,20,24,27,31,34H,6-7,10-11,14-16H2,1-5H3,(H2,30,38)(H,32,37);1-2H3/b12-8-,18-13+,19-9+;/t20-,24-,27?;/m0./s1. The highest BCUT2D eigenvalue weighted by atomic mass is 16.6. The van der Waals surface area contributed by atoms with E-state index in [1.807, 2.05) is 32.8 Å². The molecule has 2 bridgehead atoms. The molecule has 0 saturated carbocycles. The number of ether oxygens (including phenoxy) is 2. The van der Waals surface area contributed by atoms with Crippen LogP contribution in [-0.4, -0.2) is 86.2 Å². The topological polar surface area (TPSA) is 160 Å². The van der Waals surface area contributed by atoms with Crippen LogP contribution in [0.4, 0.5) is 4.79 Å². The predicted octanol–water partition coefficient (Wildman–Crippen LogP) is 2.82. The molecule has 0 saturated heterocycles. The Morgan fingerprint density at radius 3 is 2.50 bits per heavy atom. The smallest absolute Gasteiger partial charge is 0.405 e. The van der Waals surface area contributed by atoms with Crippen molar-refractivity contribution in [1.29, 1.82) is 0 Å². The lowest BCUT2D eigenvalue weighted by Gasteiger charge is -2.24. The van der Waals surface area contributed by atoms with Gasteiger partial charge in [0.25, 0.3) is 5.91 Å². The van der Waals surface area contributed by atoms with Crippen molar-refractivity contribution in [3.05, 3.63) is 58.5 Å². The van der Waals surface area contributed by atoms with Crippen molar-refractivity contribution in [1.82, 2.24) is 15.5 Å². The van der Waals surface area contributed by atoms with Gasteiger partial charge in [-0.1, -0.05) is 44.6 Å². The summed E-state index contributed by atoms with van der Waals surface area (Å²) in [6, 6.07) is 0. The third-order valence-electron chi connectivity index (χ3n) is 6.64. The number of aliphatic hydroxyl groups is 1. The molecule has 0 radical (unpaired) electrons. The van der Waals surface area contributed by atoms with E-state index in [9.17, 15) is 24.3 Å². The molecule has 1 aliphatic heterocycles. The van der Waals surface area contributed by atoms with E-state index in [0.717, 1.165) is 6.08 Å². The Bertz CT molecular complexity index is 1120. The van der Waals surface area contributed by atoms with Gasteiger partial charge >= 0.3 is 6.09 Å². The van der Waals surface area contributed by atoms with E-state index in [2.05, 4.69) is 10.6 Å². The zero-order valence-electron chi connectivity index (χ0n) is 26.0. The third-order valence-corrected chi connectivity index (χ3v) is 6.64. The first-order valence-electron chi connectivity index (χ1n) is 14.4. The monoisotopic (exact) mass is 588 g/mol. The van der Waals surface area contributed by atoms with E-state index in [1.165, 1.54) is 13.2 Å². The number of amides is 2. The van der Waals surface area contributed by atoms with Gasteiger partial charge in [0.15, 0.2) is 6.10 Å². The molecule has 2 aliphatic rings. The van der Waals surface area contributed by atoms with Crippen molar-refractivity contribution >= 4 is 23.6 Å². The van der Waals surface area contributed by atoms with Gasteiger partial charge in [0.2, 0.25) is 11.6 Å². The summed E-state index contributed by atoms with van der Waals surface area (Å²) < 4.78 is 10.8. The van der Waals surface area contributed by atoms with Crippen LogP contribution < -0.4 is 16.4 Å². The predicted molar refractivity (Wildman–Crippen MR) is 162 cm³/mol. The number of hydrogen-bond donors (Lipinski definition) is 4. The molecule has 0 spiro atoms. The van der Waals surface area contributed by atoms with Crippen LogP contribution in [0.2, 0.25) is 0 Å². The first-order valence-corrected chi connectivity index (χ1v) is 14.4. The van der Waals surface area contributed by atoms with Crippen LogP contribution in [0.25, 0.3) is 0 Å². The van der Waals surface area contributed by atoms with Gasteiger partial charge in [0, 0.05) is 37.4 Å². The number of nitrogens with two attached hydrogens (primary N) is 1. The molecule has 0 aromatic heterocycles. The molecule has 3 atom stereocenters. The Labute approximate surface area is 249 Å². The molecule has 0 aromatic rings. The number of fused-ring (bicyclic) bond motifs is 2. The maximum atomic E-state index is 13.4. The molecule has 1 heterocycles. The Balaban J connectivity index is 0.00000431. The van der Waals surface area contributed by atoms with Crippen molar-refractivity contribution in [2.24, 2.45) is 5.73 Å². The second kappa shape index (κ2) is 18.8. The molecule has 42 heavy (non-hydrogen) atoms. The normalized spacial score (nSPS) is 26.1. The van der Waals surface area contributed by atoms with Gasteiger partial charge in [-0.3, -0.25) is 14.4 Å². The number of nitrogens with one attached hydrogen (secondary N) is 2. The number of likely N-dealkylation sites (N-methyl/N-ethyl adjacent to an activating group) is 1. The van der Waals surface area contributed by atoms with Crippen LogP contribution in [0.3, 0.4) is 0 Å². The summed E-state index contributed by atoms with van der Waals surface area (Å²) in [7, 11) is 5.26. The van der Waals surface area contributed by atoms with Gasteiger partial charge in [0.05, 0.1) is 17.5 Å². The van der Waals surface area contributed by atoms with Crippen molar-refractivity contribution in [2.75, 3.05) is 34.3 Å². The van der Waals surface area contributed by atoms with Crippen molar-refractivity contribution in [3.63, 3.8) is 0 Å². The van der Waals surface area contributed by atoms with Crippen molar-refractivity contribution in [2.45, 2.75) is 78.1 Å². The molecular weight excluding hydrogens is 540 g/mol. The summed E-state index contributed by atoms with van der Waals surface area (Å²) in [6.45, 7) is 8.46. The highest BCUT2D eigenvalue weighted by Gasteiger charge is 2.30. The molecular formula is C31H48N4O7. The lowest BCUT2D eigenvalue weighted by molar-refractivity contribution is -0.120. The minimum atomic E-state index is -0.971. The lowest BCUT2D eigenvalue weighted by Crippen LogP contribution is -2.37. The number of methoxy groups -OCH3 is 1. The van der Waals surface area contributed by atoms with Gasteiger partial charge in [-0.2, -0.15) is 0 Å². The molecule has 234 valence electrons. The minimum absolute atomic E-state index is 0.0812. The number of carbonyl (C=O) groups is 4. The molecule has 5 N–H and O–H groups in total. The van der Waals surface area contributed by atoms with E-state index in [1.54, 1.807) is 32.1 Å². The zero-order chi connectivity index (χ0) is 31.8. The van der Waals surface area contributed by atoms with Gasteiger partial charge in [-0.05, 0) is 59.2 Å². The van der Waals surface area contributed by atoms with E-state index in [0.29, 0.717) is 56.3 Å². The van der Waals surface area contributed by atoms with Gasteiger partial charge in [0.1, 0.15) is 6.10 Å². The fourth-order valence-corrected chi connectivity index (χ4v) is 4.31. The Morgan fingerprint density at radius 2 is 1.88 bits per heavy atom. The van der Waals surface area contributed by atoms with Crippen LogP contribution in [0, 0.1) is 0 Å². The molecule has 11 nitrogen and oxygen atoms in total. The molecule has 0 fully saturated rings. The molecule has 1 aliphatic carbocycles. The molecule has 0 aromatic carbocycles. The number of carbonyl (C=O) groups excluding carboxylic acids is 4. The number of aliphatic hydroxyl groups excluding tert-OH is 1. The highest BCUT2D eigenvalue weighted by Crippen LogP contribution is 2.23. The summed E-state index contributed by atoms with van der Waals surface area (Å²) in [4.78, 5) is 52.8. The van der Waals surface area contributed by atoms with Crippen LogP contribution in [0.15, 0.2) is 58.5 Å². The van der Waals surface area contributed by atoms with Crippen LogP contribution >= 0.6 is 0 Å². The molecule has 2 amide bonds. The van der Waals surface area contributed by atoms with Crippen LogP contribution in [-0.2, 0) is 23.9 Å². The van der Waals surface area contributed by atoms with Crippen LogP contribution in [0.1, 0.15) is 59.8 Å². The minimum Gasteiger partial charge on any atom is -0.439 e. The zero-order valence-corrected chi connectivity index (χ0v) is 26.0. The second-order valence-electron chi connectivity index (χ2n) is 10.2. The van der Waals surface area contributed by atoms with E-state index in [4.69, 9.17) is 15.2 Å². The number of Topliss-reactive ketones (excluding diaryl/α,β-unsaturated/α-hetero) is 1. The van der Waals surface area contributed by atoms with Gasteiger partial charge < -0.3 is 35.8 Å². The number of primary amides is 1. The first kappa shape index (κ1) is 36.5. The Morgan fingerprint density at radius 1 is 1.19 bits per heavy atom. The summed E-state index contributed by atoms with van der Waals surface area (Å²) in [5.74, 6) is -1.33. The average Bonchev–Trinajstić information content (AvgIpc) is 2.94. The maximum absolute atomic E-state index is 13.4. The molecule has 1 unspecified atom stereocenters. The lowest BCUT2D eigenvalue weighted by atomic mass is 9.92. The van der Waals surface area contributed by atoms with Crippen molar-refractivity contribution < 1.29 is 33.8 Å². The summed E-state index contributed by atoms with van der Waals surface area (Å²) in [5.41, 5.74) is 6.68. The molecule has 2 rings (SSSR count). The van der Waals surface area contributed by atoms with Crippen molar-refractivity contribution in [3.8, 4) is 0 Å². The highest BCUT2D eigenvalue weighted by molar-refractivity contribution is 6.23. The van der Waals surface area contributed by atoms with Gasteiger partial charge in [-0.25, -0.2) is 4.79 Å². The Kier molecular flexibility index (Phi) is 16.3. The second-order valence-corrected chi connectivity index (χ2v) is 10.2. The largest absolute Gasteiger partial charge is 0.439 e. The summed E-state index contributed by atoms with van der Waals surface area (Å²) >= 11 is 0. The SMILES string of the molecule is CC.CO[C@H]1/C=C\C=C(/C)C(=O)NC2=CC(=O)C(NCCN(C)C)=C(CCCC[C@H](O)C/C=C(\C)C1OC(N)=O)C2=O. The van der Waals surface area contributed by atoms with Gasteiger partial charge in [-0.15, -0.1) is 0 Å². The first-order chi connectivity index (χ1) is 19.9.